The Balaban J connectivity index is 2.26. The minimum atomic E-state index is -4.95. The van der Waals surface area contributed by atoms with Crippen molar-refractivity contribution < 1.29 is 26.0 Å². The fourth-order valence-corrected chi connectivity index (χ4v) is 3.43. The number of hydrogen-bond donors (Lipinski definition) is 4. The highest BCUT2D eigenvalue weighted by Gasteiger charge is 2.40. The van der Waals surface area contributed by atoms with Gasteiger partial charge in [0.1, 0.15) is 5.82 Å². The molecule has 150 valence electrons. The summed E-state index contributed by atoms with van der Waals surface area (Å²) < 4.78 is 79.3. The number of nitrogens with zero attached hydrogens (tertiary/aromatic N) is 1. The van der Waals surface area contributed by atoms with Crippen LogP contribution < -0.4 is 22.3 Å². The van der Waals surface area contributed by atoms with Crippen LogP contribution in [0.2, 0.25) is 0 Å². The molecular weight excluding hydrogens is 402 g/mol. The Morgan fingerprint density at radius 3 is 2.39 bits per heavy atom. The number of aliphatic imine (C=N–C) groups is 1. The molecule has 2 aromatic rings. The SMILES string of the molecule is CS(=O)(=O)c1cccc(-c2c(F)cc(C3(N)N=C(N)NN3)cc2C(F)(F)F)c1. The predicted molar refractivity (Wildman–Crippen MR) is 93.7 cm³/mol. The molecule has 0 saturated carbocycles. The van der Waals surface area contributed by atoms with E-state index in [9.17, 15) is 26.0 Å². The fourth-order valence-electron chi connectivity index (χ4n) is 2.77. The molecule has 1 unspecified atom stereocenters. The van der Waals surface area contributed by atoms with Gasteiger partial charge in [-0.15, -0.1) is 0 Å². The average molecular weight is 417 g/mol. The molecule has 0 saturated heterocycles. The third-order valence-corrected chi connectivity index (χ3v) is 5.17. The lowest BCUT2D eigenvalue weighted by molar-refractivity contribution is -0.137. The van der Waals surface area contributed by atoms with Gasteiger partial charge in [0.05, 0.1) is 10.5 Å². The van der Waals surface area contributed by atoms with E-state index in [0.717, 1.165) is 18.4 Å². The molecule has 0 bridgehead atoms. The number of sulfone groups is 1. The van der Waals surface area contributed by atoms with E-state index in [4.69, 9.17) is 11.5 Å². The van der Waals surface area contributed by atoms with E-state index in [1.165, 1.54) is 18.2 Å². The first kappa shape index (κ1) is 20.0. The average Bonchev–Trinajstić information content (AvgIpc) is 2.93. The van der Waals surface area contributed by atoms with Crippen LogP contribution in [-0.4, -0.2) is 20.6 Å². The van der Waals surface area contributed by atoms with Gasteiger partial charge in [0.15, 0.2) is 9.84 Å². The molecule has 1 atom stereocenters. The van der Waals surface area contributed by atoms with Gasteiger partial charge in [-0.05, 0) is 29.8 Å². The highest BCUT2D eigenvalue weighted by atomic mass is 32.2. The third-order valence-electron chi connectivity index (χ3n) is 4.06. The van der Waals surface area contributed by atoms with Crippen molar-refractivity contribution in [2.24, 2.45) is 16.5 Å². The van der Waals surface area contributed by atoms with Crippen molar-refractivity contribution >= 4 is 15.8 Å². The Bertz CT molecular complexity index is 1080. The molecule has 12 heteroatoms. The van der Waals surface area contributed by atoms with Crippen LogP contribution in [-0.2, 0) is 21.8 Å². The molecule has 0 aliphatic carbocycles. The summed E-state index contributed by atoms with van der Waals surface area (Å²) in [7, 11) is -3.71. The number of nitrogens with two attached hydrogens (primary N) is 2. The summed E-state index contributed by atoms with van der Waals surface area (Å²) in [5, 5.41) is 0. The van der Waals surface area contributed by atoms with E-state index in [1.807, 2.05) is 0 Å². The molecule has 7 nitrogen and oxygen atoms in total. The monoisotopic (exact) mass is 417 g/mol. The summed E-state index contributed by atoms with van der Waals surface area (Å²) in [5.74, 6) is -3.33. The van der Waals surface area contributed by atoms with Crippen LogP contribution in [0.25, 0.3) is 11.1 Å². The van der Waals surface area contributed by atoms with Gasteiger partial charge in [-0.25, -0.2) is 17.8 Å². The molecule has 0 radical (unpaired) electrons. The molecule has 0 fully saturated rings. The van der Waals surface area contributed by atoms with Crippen molar-refractivity contribution in [3.63, 3.8) is 0 Å². The van der Waals surface area contributed by atoms with Crippen molar-refractivity contribution in [3.8, 4) is 11.1 Å². The predicted octanol–water partition coefficient (Wildman–Crippen LogP) is 1.41. The first-order chi connectivity index (χ1) is 12.8. The van der Waals surface area contributed by atoms with Crippen molar-refractivity contribution in [2.75, 3.05) is 6.26 Å². The highest BCUT2D eigenvalue weighted by Crippen LogP contribution is 2.41. The number of guanidine groups is 1. The van der Waals surface area contributed by atoms with Gasteiger partial charge in [-0.2, -0.15) is 18.6 Å². The number of rotatable bonds is 3. The van der Waals surface area contributed by atoms with Crippen molar-refractivity contribution in [1.29, 1.82) is 0 Å². The molecule has 0 spiro atoms. The lowest BCUT2D eigenvalue weighted by Crippen LogP contribution is -2.50. The van der Waals surface area contributed by atoms with Gasteiger partial charge in [0.2, 0.25) is 11.7 Å². The van der Waals surface area contributed by atoms with E-state index in [2.05, 4.69) is 15.8 Å². The summed E-state index contributed by atoms with van der Waals surface area (Å²) in [6, 6.07) is 6.03. The van der Waals surface area contributed by atoms with Crippen LogP contribution in [0.15, 0.2) is 46.3 Å². The summed E-state index contributed by atoms with van der Waals surface area (Å²) in [4.78, 5) is 3.50. The number of nitrogens with one attached hydrogen (secondary N) is 2. The van der Waals surface area contributed by atoms with Gasteiger partial charge < -0.3 is 5.73 Å². The zero-order chi connectivity index (χ0) is 20.9. The van der Waals surface area contributed by atoms with E-state index in [1.54, 1.807) is 0 Å². The van der Waals surface area contributed by atoms with Gasteiger partial charge in [-0.1, -0.05) is 12.1 Å². The Morgan fingerprint density at radius 1 is 1.18 bits per heavy atom. The van der Waals surface area contributed by atoms with Gasteiger partial charge >= 0.3 is 6.18 Å². The standard InChI is InChI=1S/C16H15F4N5O2S/c1-28(26,27)10-4-2-3-8(5-10)13-11(15(18,19)20)6-9(7-12(13)17)16(22)23-14(21)24-25-16/h2-7,25H,22H2,1H3,(H3,21,23,24). The number of halogens is 4. The van der Waals surface area contributed by atoms with Crippen LogP contribution in [0.3, 0.4) is 0 Å². The minimum Gasteiger partial charge on any atom is -0.369 e. The second-order valence-corrected chi connectivity index (χ2v) is 8.21. The second-order valence-electron chi connectivity index (χ2n) is 6.19. The Hall–Kier alpha value is -2.70. The van der Waals surface area contributed by atoms with Crippen LogP contribution in [0, 0.1) is 5.82 Å². The molecule has 1 aliphatic rings. The highest BCUT2D eigenvalue weighted by molar-refractivity contribution is 7.90. The van der Waals surface area contributed by atoms with Gasteiger partial charge in [-0.3, -0.25) is 11.2 Å². The molecule has 2 aromatic carbocycles. The lowest BCUT2D eigenvalue weighted by atomic mass is 9.94. The van der Waals surface area contributed by atoms with Crippen molar-refractivity contribution in [2.45, 2.75) is 16.9 Å². The second kappa shape index (κ2) is 6.43. The molecule has 3 rings (SSSR count). The maximum absolute atomic E-state index is 14.8. The van der Waals surface area contributed by atoms with Gasteiger partial charge in [0.25, 0.3) is 0 Å². The van der Waals surface area contributed by atoms with Crippen molar-refractivity contribution in [3.05, 3.63) is 53.3 Å². The minimum absolute atomic E-state index is 0.179. The van der Waals surface area contributed by atoms with Crippen LogP contribution >= 0.6 is 0 Å². The molecule has 1 aliphatic heterocycles. The van der Waals surface area contributed by atoms with Crippen molar-refractivity contribution in [1.82, 2.24) is 10.9 Å². The first-order valence-corrected chi connectivity index (χ1v) is 9.59. The molecule has 1 heterocycles. The molecule has 0 aromatic heterocycles. The Labute approximate surface area is 157 Å². The number of hydrazine groups is 1. The maximum atomic E-state index is 14.8. The first-order valence-electron chi connectivity index (χ1n) is 7.70. The zero-order valence-electron chi connectivity index (χ0n) is 14.3. The van der Waals surface area contributed by atoms with Crippen LogP contribution in [0.4, 0.5) is 17.6 Å². The normalized spacial score (nSPS) is 20.0. The maximum Gasteiger partial charge on any atom is 0.417 e. The van der Waals surface area contributed by atoms with E-state index in [0.29, 0.717) is 6.07 Å². The Kier molecular flexibility index (Phi) is 4.60. The van der Waals surface area contributed by atoms with E-state index in [-0.39, 0.29) is 22.0 Å². The Morgan fingerprint density at radius 2 is 1.86 bits per heavy atom. The fraction of sp³-hybridized carbons (Fsp3) is 0.188. The molecular formula is C16H15F4N5O2S. The summed E-state index contributed by atoms with van der Waals surface area (Å²) >= 11 is 0. The molecule has 6 N–H and O–H groups in total. The largest absolute Gasteiger partial charge is 0.417 e. The topological polar surface area (TPSA) is 123 Å². The number of alkyl halides is 3. The van der Waals surface area contributed by atoms with Crippen LogP contribution in [0.5, 0.6) is 0 Å². The van der Waals surface area contributed by atoms with E-state index >= 15 is 0 Å². The van der Waals surface area contributed by atoms with Crippen LogP contribution in [0.1, 0.15) is 11.1 Å². The lowest BCUT2D eigenvalue weighted by Gasteiger charge is -2.23. The molecule has 0 amide bonds. The number of benzene rings is 2. The molecule has 28 heavy (non-hydrogen) atoms. The summed E-state index contributed by atoms with van der Waals surface area (Å²) in [5.41, 5.74) is 13.3. The summed E-state index contributed by atoms with van der Waals surface area (Å²) in [6.07, 6.45) is -4.06. The number of hydrogen-bond acceptors (Lipinski definition) is 7. The van der Waals surface area contributed by atoms with Gasteiger partial charge in [0, 0.05) is 17.4 Å². The zero-order valence-corrected chi connectivity index (χ0v) is 15.1. The summed E-state index contributed by atoms with van der Waals surface area (Å²) in [6.45, 7) is 0. The quantitative estimate of drug-likeness (QED) is 0.560. The van der Waals surface area contributed by atoms with E-state index < -0.39 is 38.7 Å². The smallest absolute Gasteiger partial charge is 0.369 e. The third kappa shape index (κ3) is 3.66.